The van der Waals surface area contributed by atoms with Crippen molar-refractivity contribution >= 4 is 17.4 Å². The Morgan fingerprint density at radius 3 is 3.11 bits per heavy atom. The first-order valence-corrected chi connectivity index (χ1v) is 6.32. The van der Waals surface area contributed by atoms with Crippen LogP contribution in [0.4, 0.5) is 5.69 Å². The third kappa shape index (κ3) is 2.62. The van der Waals surface area contributed by atoms with Crippen LogP contribution in [0.3, 0.4) is 0 Å². The number of fused-ring (bicyclic) bond motifs is 1. The van der Waals surface area contributed by atoms with Crippen LogP contribution >= 0.6 is 0 Å². The van der Waals surface area contributed by atoms with E-state index in [4.69, 9.17) is 9.47 Å². The quantitative estimate of drug-likeness (QED) is 0.837. The van der Waals surface area contributed by atoms with Gasteiger partial charge in [0.25, 0.3) is 5.91 Å². The number of hydrogen-bond donors (Lipinski definition) is 2. The lowest BCUT2D eigenvalue weighted by Crippen LogP contribution is -2.35. The molecule has 1 aromatic rings. The SMILES string of the molecule is O=C(Nc1ccc2c(c1)OCO2)C1=NCCCCN1. The fourth-order valence-corrected chi connectivity index (χ4v) is 2.01. The summed E-state index contributed by atoms with van der Waals surface area (Å²) in [6.45, 7) is 1.70. The number of carbonyl (C=O) groups excluding carboxylic acids is 1. The fraction of sp³-hybridized carbons (Fsp3) is 0.385. The van der Waals surface area contributed by atoms with E-state index in [1.54, 1.807) is 18.2 Å². The molecule has 0 spiro atoms. The fourth-order valence-electron chi connectivity index (χ4n) is 2.01. The van der Waals surface area contributed by atoms with Gasteiger partial charge in [-0.15, -0.1) is 0 Å². The molecule has 100 valence electrons. The van der Waals surface area contributed by atoms with Crippen molar-refractivity contribution < 1.29 is 14.3 Å². The van der Waals surface area contributed by atoms with Gasteiger partial charge in [-0.2, -0.15) is 0 Å². The molecule has 3 rings (SSSR count). The van der Waals surface area contributed by atoms with Gasteiger partial charge in [-0.05, 0) is 25.0 Å². The second-order valence-corrected chi connectivity index (χ2v) is 4.39. The number of amides is 1. The largest absolute Gasteiger partial charge is 0.454 e. The van der Waals surface area contributed by atoms with Crippen molar-refractivity contribution in [3.63, 3.8) is 0 Å². The Morgan fingerprint density at radius 1 is 1.26 bits per heavy atom. The van der Waals surface area contributed by atoms with Gasteiger partial charge < -0.3 is 20.1 Å². The summed E-state index contributed by atoms with van der Waals surface area (Å²) in [6.07, 6.45) is 2.04. The Balaban J connectivity index is 1.70. The van der Waals surface area contributed by atoms with Crippen molar-refractivity contribution in [2.24, 2.45) is 4.99 Å². The first-order valence-electron chi connectivity index (χ1n) is 6.32. The monoisotopic (exact) mass is 261 g/mol. The molecule has 0 radical (unpaired) electrons. The van der Waals surface area contributed by atoms with Gasteiger partial charge in [-0.1, -0.05) is 0 Å². The van der Waals surface area contributed by atoms with Crippen molar-refractivity contribution in [1.82, 2.24) is 5.32 Å². The molecule has 2 N–H and O–H groups in total. The second kappa shape index (κ2) is 5.17. The van der Waals surface area contributed by atoms with Crippen LogP contribution in [0, 0.1) is 0 Å². The zero-order valence-corrected chi connectivity index (χ0v) is 10.4. The number of carbonyl (C=O) groups is 1. The number of ether oxygens (including phenoxy) is 2. The van der Waals surface area contributed by atoms with Crippen molar-refractivity contribution in [2.45, 2.75) is 12.8 Å². The normalized spacial score (nSPS) is 17.2. The highest BCUT2D eigenvalue weighted by molar-refractivity contribution is 6.42. The van der Waals surface area contributed by atoms with Crippen LogP contribution in [-0.2, 0) is 4.79 Å². The van der Waals surface area contributed by atoms with Crippen molar-refractivity contribution in [3.8, 4) is 11.5 Å². The second-order valence-electron chi connectivity index (χ2n) is 4.39. The zero-order chi connectivity index (χ0) is 13.1. The molecule has 6 heteroatoms. The van der Waals surface area contributed by atoms with E-state index in [2.05, 4.69) is 15.6 Å². The highest BCUT2D eigenvalue weighted by Crippen LogP contribution is 2.34. The van der Waals surface area contributed by atoms with E-state index in [0.717, 1.165) is 19.4 Å². The van der Waals surface area contributed by atoms with Gasteiger partial charge in [0.15, 0.2) is 17.3 Å². The summed E-state index contributed by atoms with van der Waals surface area (Å²) in [7, 11) is 0. The van der Waals surface area contributed by atoms with Crippen LogP contribution in [0.2, 0.25) is 0 Å². The number of nitrogens with zero attached hydrogens (tertiary/aromatic N) is 1. The predicted octanol–water partition coefficient (Wildman–Crippen LogP) is 1.14. The average molecular weight is 261 g/mol. The van der Waals surface area contributed by atoms with Gasteiger partial charge in [-0.3, -0.25) is 9.79 Å². The molecule has 0 bridgehead atoms. The predicted molar refractivity (Wildman–Crippen MR) is 70.7 cm³/mol. The van der Waals surface area contributed by atoms with Gasteiger partial charge >= 0.3 is 0 Å². The van der Waals surface area contributed by atoms with E-state index in [9.17, 15) is 4.79 Å². The molecule has 0 aliphatic carbocycles. The van der Waals surface area contributed by atoms with Gasteiger partial charge in [-0.25, -0.2) is 0 Å². The van der Waals surface area contributed by atoms with Gasteiger partial charge in [0.1, 0.15) is 0 Å². The van der Waals surface area contributed by atoms with Crippen molar-refractivity contribution in [1.29, 1.82) is 0 Å². The van der Waals surface area contributed by atoms with E-state index in [-0.39, 0.29) is 12.7 Å². The molecule has 0 saturated carbocycles. The molecule has 6 nitrogen and oxygen atoms in total. The summed E-state index contributed by atoms with van der Waals surface area (Å²) in [5, 5.41) is 5.84. The van der Waals surface area contributed by atoms with Crippen LogP contribution in [0.5, 0.6) is 11.5 Å². The lowest BCUT2D eigenvalue weighted by atomic mass is 10.2. The molecule has 19 heavy (non-hydrogen) atoms. The van der Waals surface area contributed by atoms with Gasteiger partial charge in [0.2, 0.25) is 6.79 Å². The lowest BCUT2D eigenvalue weighted by Gasteiger charge is -2.08. The Labute approximate surface area is 110 Å². The standard InChI is InChI=1S/C13H15N3O3/c17-13(12-14-5-1-2-6-15-12)16-9-3-4-10-11(7-9)19-8-18-10/h3-4,7H,1-2,5-6,8H2,(H,14,15)(H,16,17). The third-order valence-electron chi connectivity index (χ3n) is 2.99. The molecule has 2 heterocycles. The maximum absolute atomic E-state index is 12.0. The van der Waals surface area contributed by atoms with Crippen molar-refractivity contribution in [2.75, 3.05) is 25.2 Å². The van der Waals surface area contributed by atoms with E-state index in [1.165, 1.54) is 0 Å². The molecule has 1 aromatic carbocycles. The molecule has 0 fully saturated rings. The van der Waals surface area contributed by atoms with Gasteiger partial charge in [0.05, 0.1) is 0 Å². The van der Waals surface area contributed by atoms with Gasteiger partial charge in [0, 0.05) is 24.8 Å². The van der Waals surface area contributed by atoms with Crippen LogP contribution in [0.1, 0.15) is 12.8 Å². The average Bonchev–Trinajstić information content (AvgIpc) is 2.71. The highest BCUT2D eigenvalue weighted by Gasteiger charge is 2.16. The Bertz CT molecular complexity index is 528. The Morgan fingerprint density at radius 2 is 2.16 bits per heavy atom. The first-order chi connectivity index (χ1) is 9.33. The third-order valence-corrected chi connectivity index (χ3v) is 2.99. The molecule has 0 unspecified atom stereocenters. The summed E-state index contributed by atoms with van der Waals surface area (Å²) in [6, 6.07) is 5.31. The number of anilines is 1. The van der Waals surface area contributed by atoms with Crippen LogP contribution < -0.4 is 20.1 Å². The maximum atomic E-state index is 12.0. The highest BCUT2D eigenvalue weighted by atomic mass is 16.7. The number of nitrogens with one attached hydrogen (secondary N) is 2. The molecule has 0 atom stereocenters. The molecule has 2 aliphatic rings. The smallest absolute Gasteiger partial charge is 0.290 e. The summed E-state index contributed by atoms with van der Waals surface area (Å²) in [4.78, 5) is 16.3. The minimum Gasteiger partial charge on any atom is -0.454 e. The summed E-state index contributed by atoms with van der Waals surface area (Å²) < 4.78 is 10.5. The summed E-state index contributed by atoms with van der Waals surface area (Å²) in [5.74, 6) is 1.52. The molecular formula is C13H15N3O3. The molecular weight excluding hydrogens is 246 g/mol. The number of rotatable bonds is 2. The molecule has 2 aliphatic heterocycles. The number of hydrogen-bond acceptors (Lipinski definition) is 5. The van der Waals surface area contributed by atoms with Crippen molar-refractivity contribution in [3.05, 3.63) is 18.2 Å². The Hall–Kier alpha value is -2.24. The summed E-state index contributed by atoms with van der Waals surface area (Å²) >= 11 is 0. The number of amidine groups is 1. The van der Waals surface area contributed by atoms with Crippen LogP contribution in [0.25, 0.3) is 0 Å². The molecule has 1 amide bonds. The van der Waals surface area contributed by atoms with Crippen LogP contribution in [0.15, 0.2) is 23.2 Å². The molecule has 0 saturated heterocycles. The van der Waals surface area contributed by atoms with E-state index < -0.39 is 0 Å². The van der Waals surface area contributed by atoms with E-state index in [0.29, 0.717) is 29.6 Å². The molecule has 0 aromatic heterocycles. The number of aliphatic imine (C=N–C) groups is 1. The Kier molecular flexibility index (Phi) is 3.22. The minimum absolute atomic E-state index is 0.222. The van der Waals surface area contributed by atoms with E-state index in [1.807, 2.05) is 0 Å². The topological polar surface area (TPSA) is 72.0 Å². The zero-order valence-electron chi connectivity index (χ0n) is 10.4. The first kappa shape index (κ1) is 11.8. The lowest BCUT2D eigenvalue weighted by molar-refractivity contribution is -0.110. The summed E-state index contributed by atoms with van der Waals surface area (Å²) in [5.41, 5.74) is 0.669. The van der Waals surface area contributed by atoms with E-state index >= 15 is 0 Å². The maximum Gasteiger partial charge on any atom is 0.290 e. The van der Waals surface area contributed by atoms with Crippen LogP contribution in [-0.4, -0.2) is 31.6 Å². The minimum atomic E-state index is -0.222. The number of benzene rings is 1.